The first-order chi connectivity index (χ1) is 11.1. The number of hydrogen-bond acceptors (Lipinski definition) is 4. The first-order valence-corrected chi connectivity index (χ1v) is 8.11. The molecule has 23 heavy (non-hydrogen) atoms. The highest BCUT2D eigenvalue weighted by atomic mass is 16.1. The topological polar surface area (TPSA) is 66.9 Å². The van der Waals surface area contributed by atoms with Gasteiger partial charge in [-0.15, -0.1) is 10.2 Å². The zero-order valence-corrected chi connectivity index (χ0v) is 13.6. The predicted molar refractivity (Wildman–Crippen MR) is 91.8 cm³/mol. The van der Waals surface area contributed by atoms with Gasteiger partial charge >= 0.3 is 0 Å². The number of carbonyl (C=O) groups excluding carboxylic acids is 1. The molecule has 2 aromatic rings. The molecule has 0 unspecified atom stereocenters. The molecule has 1 aromatic heterocycles. The lowest BCUT2D eigenvalue weighted by Crippen LogP contribution is -2.18. The van der Waals surface area contributed by atoms with E-state index in [-0.39, 0.29) is 5.91 Å². The summed E-state index contributed by atoms with van der Waals surface area (Å²) in [5, 5.41) is 14.4. The normalized spacial score (nSPS) is 14.7. The van der Waals surface area contributed by atoms with E-state index in [9.17, 15) is 4.79 Å². The Morgan fingerprint density at radius 3 is 2.48 bits per heavy atom. The number of aromatic nitrogens is 2. The molecule has 3 rings (SSSR count). The number of aryl methyl sites for hydroxylation is 2. The second kappa shape index (κ2) is 6.77. The maximum Gasteiger partial charge on any atom is 0.276 e. The van der Waals surface area contributed by atoms with Gasteiger partial charge in [-0.2, -0.15) is 0 Å². The molecule has 1 aliphatic rings. The Labute approximate surface area is 136 Å². The fourth-order valence-electron chi connectivity index (χ4n) is 2.82. The fraction of sp³-hybridized carbons (Fsp3) is 0.389. The molecule has 1 heterocycles. The molecule has 5 heteroatoms. The number of rotatable bonds is 4. The molecule has 0 aliphatic heterocycles. The van der Waals surface area contributed by atoms with Gasteiger partial charge in [0.25, 0.3) is 5.91 Å². The molecule has 0 radical (unpaired) electrons. The SMILES string of the molecule is Cc1ccc(NC(=O)c2ccc(NC3CCCC3)nn2)cc1C. The molecular formula is C18H22N4O. The third kappa shape index (κ3) is 3.86. The quantitative estimate of drug-likeness (QED) is 0.903. The van der Waals surface area contributed by atoms with Crippen molar-refractivity contribution in [2.24, 2.45) is 0 Å². The minimum absolute atomic E-state index is 0.242. The molecule has 0 bridgehead atoms. The molecule has 120 valence electrons. The summed E-state index contributed by atoms with van der Waals surface area (Å²) in [5.74, 6) is 0.493. The van der Waals surface area contributed by atoms with E-state index in [4.69, 9.17) is 0 Å². The van der Waals surface area contributed by atoms with Crippen LogP contribution in [-0.2, 0) is 0 Å². The molecule has 1 saturated carbocycles. The summed E-state index contributed by atoms with van der Waals surface area (Å²) < 4.78 is 0. The third-order valence-electron chi connectivity index (χ3n) is 4.37. The predicted octanol–water partition coefficient (Wildman–Crippen LogP) is 3.70. The van der Waals surface area contributed by atoms with E-state index >= 15 is 0 Å². The minimum Gasteiger partial charge on any atom is -0.366 e. The van der Waals surface area contributed by atoms with Crippen molar-refractivity contribution in [1.29, 1.82) is 0 Å². The number of amides is 1. The number of benzene rings is 1. The van der Waals surface area contributed by atoms with Gasteiger partial charge in [0, 0.05) is 11.7 Å². The van der Waals surface area contributed by atoms with Crippen LogP contribution in [-0.4, -0.2) is 22.1 Å². The molecular weight excluding hydrogens is 288 g/mol. The lowest BCUT2D eigenvalue weighted by molar-refractivity contribution is 0.102. The summed E-state index contributed by atoms with van der Waals surface area (Å²) in [6.45, 7) is 4.07. The summed E-state index contributed by atoms with van der Waals surface area (Å²) in [4.78, 5) is 12.2. The van der Waals surface area contributed by atoms with Crippen molar-refractivity contribution in [2.45, 2.75) is 45.6 Å². The number of nitrogens with one attached hydrogen (secondary N) is 2. The van der Waals surface area contributed by atoms with E-state index in [0.717, 1.165) is 17.1 Å². The highest BCUT2D eigenvalue weighted by molar-refractivity contribution is 6.02. The molecule has 0 spiro atoms. The summed E-state index contributed by atoms with van der Waals surface area (Å²) in [6.07, 6.45) is 4.89. The molecule has 0 saturated heterocycles. The van der Waals surface area contributed by atoms with Crippen molar-refractivity contribution in [3.05, 3.63) is 47.2 Å². The first-order valence-electron chi connectivity index (χ1n) is 8.11. The van der Waals surface area contributed by atoms with E-state index in [0.29, 0.717) is 11.7 Å². The molecule has 5 nitrogen and oxygen atoms in total. The largest absolute Gasteiger partial charge is 0.366 e. The second-order valence-corrected chi connectivity index (χ2v) is 6.18. The fourth-order valence-corrected chi connectivity index (χ4v) is 2.82. The van der Waals surface area contributed by atoms with Crippen molar-refractivity contribution in [1.82, 2.24) is 10.2 Å². The lowest BCUT2D eigenvalue weighted by Gasteiger charge is -2.12. The van der Waals surface area contributed by atoms with Crippen LogP contribution in [0.3, 0.4) is 0 Å². The van der Waals surface area contributed by atoms with Gasteiger partial charge in [-0.1, -0.05) is 18.9 Å². The molecule has 0 atom stereocenters. The number of hydrogen-bond donors (Lipinski definition) is 2. The van der Waals surface area contributed by atoms with E-state index in [1.165, 1.54) is 31.2 Å². The van der Waals surface area contributed by atoms with Crippen LogP contribution in [0.5, 0.6) is 0 Å². The zero-order chi connectivity index (χ0) is 16.2. The maximum atomic E-state index is 12.2. The molecule has 1 amide bonds. The van der Waals surface area contributed by atoms with E-state index in [2.05, 4.69) is 20.8 Å². The Kier molecular flexibility index (Phi) is 4.55. The van der Waals surface area contributed by atoms with Crippen LogP contribution in [0.1, 0.15) is 47.3 Å². The van der Waals surface area contributed by atoms with E-state index in [1.807, 2.05) is 38.1 Å². The maximum absolute atomic E-state index is 12.2. The Bertz CT molecular complexity index is 691. The van der Waals surface area contributed by atoms with Crippen molar-refractivity contribution in [2.75, 3.05) is 10.6 Å². The monoisotopic (exact) mass is 310 g/mol. The summed E-state index contributed by atoms with van der Waals surface area (Å²) in [6, 6.07) is 9.85. The van der Waals surface area contributed by atoms with Crippen LogP contribution >= 0.6 is 0 Å². The Morgan fingerprint density at radius 2 is 1.83 bits per heavy atom. The standard InChI is InChI=1S/C18H22N4O/c1-12-7-8-15(11-13(12)2)20-18(23)16-9-10-17(22-21-16)19-14-5-3-4-6-14/h7-11,14H,3-6H2,1-2H3,(H,19,22)(H,20,23). The molecule has 1 aromatic carbocycles. The van der Waals surface area contributed by atoms with Crippen LogP contribution < -0.4 is 10.6 Å². The van der Waals surface area contributed by atoms with Crippen molar-refractivity contribution < 1.29 is 4.79 Å². The van der Waals surface area contributed by atoms with Crippen LogP contribution in [0.25, 0.3) is 0 Å². The van der Waals surface area contributed by atoms with Crippen molar-refractivity contribution >= 4 is 17.4 Å². The van der Waals surface area contributed by atoms with Crippen LogP contribution in [0.4, 0.5) is 11.5 Å². The van der Waals surface area contributed by atoms with Gasteiger partial charge in [0.2, 0.25) is 0 Å². The van der Waals surface area contributed by atoms with Gasteiger partial charge in [0.05, 0.1) is 0 Å². The Balaban J connectivity index is 1.63. The molecule has 1 fully saturated rings. The summed E-state index contributed by atoms with van der Waals surface area (Å²) in [5.41, 5.74) is 3.43. The van der Waals surface area contributed by atoms with Crippen LogP contribution in [0.2, 0.25) is 0 Å². The van der Waals surface area contributed by atoms with Gasteiger partial charge in [0.15, 0.2) is 5.69 Å². The van der Waals surface area contributed by atoms with E-state index in [1.54, 1.807) is 6.07 Å². The van der Waals surface area contributed by atoms with Gasteiger partial charge in [-0.05, 0) is 62.1 Å². The van der Waals surface area contributed by atoms with Gasteiger partial charge < -0.3 is 10.6 Å². The van der Waals surface area contributed by atoms with Crippen LogP contribution in [0.15, 0.2) is 30.3 Å². The number of anilines is 2. The van der Waals surface area contributed by atoms with Crippen molar-refractivity contribution in [3.63, 3.8) is 0 Å². The average molecular weight is 310 g/mol. The van der Waals surface area contributed by atoms with Gasteiger partial charge in [-0.3, -0.25) is 4.79 Å². The highest BCUT2D eigenvalue weighted by Gasteiger charge is 2.15. The number of nitrogens with zero attached hydrogens (tertiary/aromatic N) is 2. The van der Waals surface area contributed by atoms with E-state index < -0.39 is 0 Å². The summed E-state index contributed by atoms with van der Waals surface area (Å²) in [7, 11) is 0. The average Bonchev–Trinajstić information content (AvgIpc) is 3.04. The van der Waals surface area contributed by atoms with Crippen molar-refractivity contribution in [3.8, 4) is 0 Å². The van der Waals surface area contributed by atoms with Gasteiger partial charge in [0.1, 0.15) is 5.82 Å². The first kappa shape index (κ1) is 15.5. The molecule has 1 aliphatic carbocycles. The van der Waals surface area contributed by atoms with Gasteiger partial charge in [-0.25, -0.2) is 0 Å². The minimum atomic E-state index is -0.242. The lowest BCUT2D eigenvalue weighted by atomic mass is 10.1. The zero-order valence-electron chi connectivity index (χ0n) is 13.6. The number of carbonyl (C=O) groups is 1. The molecule has 2 N–H and O–H groups in total. The Hall–Kier alpha value is -2.43. The highest BCUT2D eigenvalue weighted by Crippen LogP contribution is 2.21. The van der Waals surface area contributed by atoms with Crippen LogP contribution in [0, 0.1) is 13.8 Å². The third-order valence-corrected chi connectivity index (χ3v) is 4.37. The second-order valence-electron chi connectivity index (χ2n) is 6.18. The Morgan fingerprint density at radius 1 is 1.04 bits per heavy atom. The summed E-state index contributed by atoms with van der Waals surface area (Å²) >= 11 is 0. The smallest absolute Gasteiger partial charge is 0.276 e.